The van der Waals surface area contributed by atoms with E-state index in [9.17, 15) is 9.59 Å². The van der Waals surface area contributed by atoms with Gasteiger partial charge in [-0.2, -0.15) is 5.10 Å². The Balaban J connectivity index is 2.51. The molecule has 0 aromatic carbocycles. The van der Waals surface area contributed by atoms with Crippen molar-refractivity contribution in [3.63, 3.8) is 0 Å². The summed E-state index contributed by atoms with van der Waals surface area (Å²) in [6.07, 6.45) is 5.18. The summed E-state index contributed by atoms with van der Waals surface area (Å²) >= 11 is 0. The largest absolute Gasteiger partial charge is 0.480 e. The molecule has 84 valence electrons. The van der Waals surface area contributed by atoms with Crippen molar-refractivity contribution in [2.45, 2.75) is 19.4 Å². The number of hydrogen-bond donors (Lipinski definition) is 2. The molecule has 0 unspecified atom stereocenters. The molecular formula is C10H11N3O3. The van der Waals surface area contributed by atoms with E-state index in [0.717, 1.165) is 12.0 Å². The van der Waals surface area contributed by atoms with Crippen molar-refractivity contribution in [3.8, 4) is 0 Å². The Morgan fingerprint density at radius 3 is 2.94 bits per heavy atom. The summed E-state index contributed by atoms with van der Waals surface area (Å²) in [6.45, 7) is -0.264. The quantitative estimate of drug-likeness (QED) is 0.752. The minimum absolute atomic E-state index is 0.181. The summed E-state index contributed by atoms with van der Waals surface area (Å²) in [6, 6.07) is 0. The SMILES string of the molecule is NC(=O)c1nn(CC(=O)O)c2c1CCC=C2. The standard InChI is InChI=1S/C10H11N3O3/c11-10(16)9-6-3-1-2-4-7(6)13(12-9)5-8(14)15/h2,4H,1,3,5H2,(H2,11,16)(H,14,15). The van der Waals surface area contributed by atoms with Gasteiger partial charge in [-0.05, 0) is 18.9 Å². The number of nitrogens with two attached hydrogens (primary N) is 1. The molecule has 16 heavy (non-hydrogen) atoms. The number of hydrogen-bond acceptors (Lipinski definition) is 3. The van der Waals surface area contributed by atoms with E-state index >= 15 is 0 Å². The van der Waals surface area contributed by atoms with Crippen LogP contribution in [0.15, 0.2) is 6.08 Å². The molecule has 0 bridgehead atoms. The highest BCUT2D eigenvalue weighted by Gasteiger charge is 2.21. The van der Waals surface area contributed by atoms with Gasteiger partial charge in [-0.25, -0.2) is 0 Å². The van der Waals surface area contributed by atoms with E-state index in [0.29, 0.717) is 12.1 Å². The second-order valence-corrected chi connectivity index (χ2v) is 3.57. The van der Waals surface area contributed by atoms with Crippen molar-refractivity contribution in [2.75, 3.05) is 0 Å². The Morgan fingerprint density at radius 2 is 2.31 bits per heavy atom. The van der Waals surface area contributed by atoms with E-state index in [2.05, 4.69) is 5.10 Å². The Bertz CT molecular complexity index is 488. The number of carboxylic acid groups (broad SMARTS) is 1. The number of carbonyl (C=O) groups excluding carboxylic acids is 1. The van der Waals surface area contributed by atoms with Crippen LogP contribution in [-0.4, -0.2) is 26.8 Å². The van der Waals surface area contributed by atoms with E-state index in [-0.39, 0.29) is 12.2 Å². The van der Waals surface area contributed by atoms with Crippen LogP contribution in [-0.2, 0) is 17.8 Å². The van der Waals surface area contributed by atoms with Gasteiger partial charge in [0, 0.05) is 5.56 Å². The fourth-order valence-electron chi connectivity index (χ4n) is 1.81. The lowest BCUT2D eigenvalue weighted by molar-refractivity contribution is -0.137. The fourth-order valence-corrected chi connectivity index (χ4v) is 1.81. The Labute approximate surface area is 91.4 Å². The van der Waals surface area contributed by atoms with Gasteiger partial charge < -0.3 is 10.8 Å². The van der Waals surface area contributed by atoms with Crippen LogP contribution in [0, 0.1) is 0 Å². The molecule has 0 atom stereocenters. The summed E-state index contributed by atoms with van der Waals surface area (Å²) in [7, 11) is 0. The van der Waals surface area contributed by atoms with Gasteiger partial charge in [-0.15, -0.1) is 0 Å². The van der Waals surface area contributed by atoms with Crippen molar-refractivity contribution < 1.29 is 14.7 Å². The van der Waals surface area contributed by atoms with E-state index in [4.69, 9.17) is 10.8 Å². The minimum atomic E-state index is -1.000. The zero-order valence-electron chi connectivity index (χ0n) is 8.51. The highest BCUT2D eigenvalue weighted by Crippen LogP contribution is 2.22. The fraction of sp³-hybridized carbons (Fsp3) is 0.300. The zero-order chi connectivity index (χ0) is 11.7. The normalized spacial score (nSPS) is 13.5. The second kappa shape index (κ2) is 3.80. The molecule has 0 saturated heterocycles. The van der Waals surface area contributed by atoms with Gasteiger partial charge in [0.2, 0.25) is 0 Å². The predicted molar refractivity (Wildman–Crippen MR) is 55.7 cm³/mol. The third kappa shape index (κ3) is 1.69. The highest BCUT2D eigenvalue weighted by atomic mass is 16.4. The molecular weight excluding hydrogens is 210 g/mol. The first kappa shape index (κ1) is 10.4. The summed E-state index contributed by atoms with van der Waals surface area (Å²) in [5, 5.41) is 12.7. The van der Waals surface area contributed by atoms with Crippen molar-refractivity contribution in [2.24, 2.45) is 5.73 Å². The molecule has 2 rings (SSSR count). The molecule has 1 amide bonds. The average molecular weight is 221 g/mol. The van der Waals surface area contributed by atoms with Crippen molar-refractivity contribution in [1.29, 1.82) is 0 Å². The predicted octanol–water partition coefficient (Wildman–Crippen LogP) is 0.0260. The molecule has 0 fully saturated rings. The number of nitrogens with zero attached hydrogens (tertiary/aromatic N) is 2. The zero-order valence-corrected chi connectivity index (χ0v) is 8.51. The lowest BCUT2D eigenvalue weighted by atomic mass is 10.0. The number of aliphatic carboxylic acids is 1. The molecule has 0 saturated carbocycles. The van der Waals surface area contributed by atoms with E-state index in [1.165, 1.54) is 4.68 Å². The van der Waals surface area contributed by atoms with Gasteiger partial charge in [0.05, 0.1) is 5.69 Å². The molecule has 1 aromatic heterocycles. The Kier molecular flexibility index (Phi) is 2.47. The average Bonchev–Trinajstić information content (AvgIpc) is 2.57. The van der Waals surface area contributed by atoms with Crippen LogP contribution >= 0.6 is 0 Å². The van der Waals surface area contributed by atoms with Crippen molar-refractivity contribution >= 4 is 18.0 Å². The molecule has 0 spiro atoms. The third-order valence-electron chi connectivity index (χ3n) is 2.45. The Morgan fingerprint density at radius 1 is 1.56 bits per heavy atom. The molecule has 1 heterocycles. The topological polar surface area (TPSA) is 98.2 Å². The van der Waals surface area contributed by atoms with Gasteiger partial charge in [0.1, 0.15) is 6.54 Å². The van der Waals surface area contributed by atoms with E-state index in [1.54, 1.807) is 6.08 Å². The lowest BCUT2D eigenvalue weighted by Crippen LogP contribution is -2.15. The number of allylic oxidation sites excluding steroid dienone is 1. The van der Waals surface area contributed by atoms with Gasteiger partial charge in [0.25, 0.3) is 5.91 Å². The van der Waals surface area contributed by atoms with Crippen molar-refractivity contribution in [1.82, 2.24) is 9.78 Å². The molecule has 0 radical (unpaired) electrons. The monoisotopic (exact) mass is 221 g/mol. The lowest BCUT2D eigenvalue weighted by Gasteiger charge is -2.07. The smallest absolute Gasteiger partial charge is 0.325 e. The number of rotatable bonds is 3. The molecule has 0 aliphatic heterocycles. The molecule has 6 nitrogen and oxygen atoms in total. The second-order valence-electron chi connectivity index (χ2n) is 3.57. The van der Waals surface area contributed by atoms with Gasteiger partial charge in [0.15, 0.2) is 5.69 Å². The molecule has 3 N–H and O–H groups in total. The number of primary amides is 1. The third-order valence-corrected chi connectivity index (χ3v) is 2.45. The molecule has 1 aromatic rings. The number of aromatic nitrogens is 2. The number of carboxylic acids is 1. The van der Waals surface area contributed by atoms with E-state index < -0.39 is 11.9 Å². The highest BCUT2D eigenvalue weighted by molar-refractivity contribution is 5.93. The number of fused-ring (bicyclic) bond motifs is 1. The van der Waals surface area contributed by atoms with Crippen LogP contribution in [0.5, 0.6) is 0 Å². The number of amides is 1. The van der Waals surface area contributed by atoms with Crippen LogP contribution in [0.3, 0.4) is 0 Å². The van der Waals surface area contributed by atoms with Crippen LogP contribution in [0.25, 0.3) is 6.08 Å². The van der Waals surface area contributed by atoms with E-state index in [1.807, 2.05) is 6.08 Å². The first-order valence-electron chi connectivity index (χ1n) is 4.87. The summed E-state index contributed by atoms with van der Waals surface area (Å²) in [5.74, 6) is -1.61. The number of carbonyl (C=O) groups is 2. The maximum atomic E-state index is 11.1. The molecule has 6 heteroatoms. The first-order valence-corrected chi connectivity index (χ1v) is 4.87. The first-order chi connectivity index (χ1) is 7.59. The molecule has 1 aliphatic carbocycles. The maximum absolute atomic E-state index is 11.1. The minimum Gasteiger partial charge on any atom is -0.480 e. The van der Waals surface area contributed by atoms with Crippen LogP contribution < -0.4 is 5.73 Å². The van der Waals surface area contributed by atoms with Crippen molar-refractivity contribution in [3.05, 3.63) is 23.0 Å². The summed E-state index contributed by atoms with van der Waals surface area (Å²) < 4.78 is 1.30. The summed E-state index contributed by atoms with van der Waals surface area (Å²) in [4.78, 5) is 21.8. The van der Waals surface area contributed by atoms with Gasteiger partial charge in [-0.3, -0.25) is 14.3 Å². The maximum Gasteiger partial charge on any atom is 0.325 e. The molecule has 1 aliphatic rings. The van der Waals surface area contributed by atoms with Gasteiger partial charge in [-0.1, -0.05) is 6.08 Å². The van der Waals surface area contributed by atoms with Gasteiger partial charge >= 0.3 is 5.97 Å². The van der Waals surface area contributed by atoms with Crippen LogP contribution in [0.1, 0.15) is 28.2 Å². The van der Waals surface area contributed by atoms with Crippen LogP contribution in [0.2, 0.25) is 0 Å². The Hall–Kier alpha value is -2.11. The van der Waals surface area contributed by atoms with Crippen LogP contribution in [0.4, 0.5) is 0 Å². The summed E-state index contributed by atoms with van der Waals surface area (Å²) in [5.41, 5.74) is 6.79.